The van der Waals surface area contributed by atoms with Crippen LogP contribution in [0.25, 0.3) is 0 Å². The molecule has 1 amide bonds. The minimum absolute atomic E-state index is 0.124. The number of likely N-dealkylation sites (N-methyl/N-ethyl adjacent to an activating group) is 1. The number of halogens is 1. The summed E-state index contributed by atoms with van der Waals surface area (Å²) in [6, 6.07) is 10.6. The Kier molecular flexibility index (Phi) is 4.69. The zero-order chi connectivity index (χ0) is 14.5. The lowest BCUT2D eigenvalue weighted by Gasteiger charge is -2.21. The zero-order valence-corrected chi connectivity index (χ0v) is 12.1. The summed E-state index contributed by atoms with van der Waals surface area (Å²) in [5.74, 6) is 1.18. The average Bonchev–Trinajstić information content (AvgIpc) is 2.90. The highest BCUT2D eigenvalue weighted by Crippen LogP contribution is 2.19. The highest BCUT2D eigenvalue weighted by Gasteiger charge is 2.20. The first kappa shape index (κ1) is 14.5. The van der Waals surface area contributed by atoms with Crippen LogP contribution in [0.5, 0.6) is 5.75 Å². The van der Waals surface area contributed by atoms with Crippen molar-refractivity contribution in [2.45, 2.75) is 19.6 Å². The summed E-state index contributed by atoms with van der Waals surface area (Å²) in [5, 5.41) is 0.575. The molecule has 0 aliphatic carbocycles. The van der Waals surface area contributed by atoms with Crippen LogP contribution in [0.4, 0.5) is 0 Å². The van der Waals surface area contributed by atoms with Gasteiger partial charge in [0.1, 0.15) is 11.5 Å². The van der Waals surface area contributed by atoms with Crippen molar-refractivity contribution in [3.8, 4) is 5.75 Å². The molecular formula is C15H16ClNO3. The molecule has 0 bridgehead atoms. The molecule has 0 spiro atoms. The van der Waals surface area contributed by atoms with Crippen molar-refractivity contribution in [1.82, 2.24) is 4.90 Å². The van der Waals surface area contributed by atoms with Crippen LogP contribution in [0.3, 0.4) is 0 Å². The maximum Gasteiger partial charge on any atom is 0.263 e. The van der Waals surface area contributed by atoms with E-state index < -0.39 is 6.10 Å². The summed E-state index contributed by atoms with van der Waals surface area (Å²) in [4.78, 5) is 13.7. The molecule has 0 N–H and O–H groups in total. The lowest BCUT2D eigenvalue weighted by molar-refractivity contribution is -0.137. The predicted octanol–water partition coefficient (Wildman–Crippen LogP) is 3.36. The maximum absolute atomic E-state index is 12.2. The van der Waals surface area contributed by atoms with Crippen molar-refractivity contribution in [1.29, 1.82) is 0 Å². The lowest BCUT2D eigenvalue weighted by Crippen LogP contribution is -2.37. The second-order valence-corrected chi connectivity index (χ2v) is 4.93. The minimum Gasteiger partial charge on any atom is -0.481 e. The van der Waals surface area contributed by atoms with Crippen LogP contribution in [0.15, 0.2) is 47.1 Å². The van der Waals surface area contributed by atoms with Crippen LogP contribution in [0.2, 0.25) is 5.02 Å². The molecule has 106 valence electrons. The van der Waals surface area contributed by atoms with Crippen molar-refractivity contribution in [2.24, 2.45) is 0 Å². The number of amides is 1. The van der Waals surface area contributed by atoms with Crippen LogP contribution in [0.1, 0.15) is 12.7 Å². The fourth-order valence-electron chi connectivity index (χ4n) is 1.82. The molecule has 5 heteroatoms. The number of benzene rings is 1. The van der Waals surface area contributed by atoms with Gasteiger partial charge >= 0.3 is 0 Å². The molecule has 0 aliphatic rings. The summed E-state index contributed by atoms with van der Waals surface area (Å²) in [6.45, 7) is 2.12. The van der Waals surface area contributed by atoms with Gasteiger partial charge in [0.05, 0.1) is 12.8 Å². The number of hydrogen-bond donors (Lipinski definition) is 0. The first-order chi connectivity index (χ1) is 9.56. The van der Waals surface area contributed by atoms with Crippen molar-refractivity contribution in [3.05, 3.63) is 53.4 Å². The number of carbonyl (C=O) groups is 1. The Labute approximate surface area is 122 Å². The number of rotatable bonds is 5. The summed E-state index contributed by atoms with van der Waals surface area (Å²) in [7, 11) is 1.71. The number of furan rings is 1. The molecule has 4 nitrogen and oxygen atoms in total. The Bertz CT molecular complexity index is 568. The maximum atomic E-state index is 12.2. The van der Waals surface area contributed by atoms with E-state index >= 15 is 0 Å². The van der Waals surface area contributed by atoms with Gasteiger partial charge in [-0.1, -0.05) is 17.7 Å². The molecule has 2 rings (SSSR count). The van der Waals surface area contributed by atoms with E-state index in [1.807, 2.05) is 6.07 Å². The Balaban J connectivity index is 1.94. The van der Waals surface area contributed by atoms with Gasteiger partial charge in [-0.3, -0.25) is 4.79 Å². The van der Waals surface area contributed by atoms with E-state index in [0.29, 0.717) is 17.3 Å². The van der Waals surface area contributed by atoms with Gasteiger partial charge in [0.15, 0.2) is 6.10 Å². The first-order valence-corrected chi connectivity index (χ1v) is 6.63. The standard InChI is InChI=1S/C15H16ClNO3/c1-11(20-13-6-3-5-12(16)9-13)15(18)17(2)10-14-7-4-8-19-14/h3-9,11H,10H2,1-2H3. The smallest absolute Gasteiger partial charge is 0.263 e. The van der Waals surface area contributed by atoms with Crippen molar-refractivity contribution >= 4 is 17.5 Å². The molecule has 0 radical (unpaired) electrons. The second kappa shape index (κ2) is 6.48. The van der Waals surface area contributed by atoms with Gasteiger partial charge in [0, 0.05) is 12.1 Å². The van der Waals surface area contributed by atoms with E-state index in [1.165, 1.54) is 0 Å². The predicted molar refractivity (Wildman–Crippen MR) is 76.7 cm³/mol. The summed E-state index contributed by atoms with van der Waals surface area (Å²) >= 11 is 5.88. The third kappa shape index (κ3) is 3.78. The van der Waals surface area contributed by atoms with E-state index in [1.54, 1.807) is 55.5 Å². The highest BCUT2D eigenvalue weighted by atomic mass is 35.5. The largest absolute Gasteiger partial charge is 0.481 e. The van der Waals surface area contributed by atoms with Gasteiger partial charge in [0.2, 0.25) is 0 Å². The number of carbonyl (C=O) groups excluding carboxylic acids is 1. The van der Waals surface area contributed by atoms with Gasteiger partial charge in [-0.05, 0) is 37.3 Å². The van der Waals surface area contributed by atoms with E-state index in [9.17, 15) is 4.79 Å². The number of ether oxygens (including phenoxy) is 1. The first-order valence-electron chi connectivity index (χ1n) is 6.26. The van der Waals surface area contributed by atoms with Crippen LogP contribution >= 0.6 is 11.6 Å². The molecule has 20 heavy (non-hydrogen) atoms. The van der Waals surface area contributed by atoms with Gasteiger partial charge < -0.3 is 14.1 Å². The van der Waals surface area contributed by atoms with Crippen molar-refractivity contribution in [2.75, 3.05) is 7.05 Å². The van der Waals surface area contributed by atoms with Crippen LogP contribution < -0.4 is 4.74 Å². The molecule has 1 aromatic heterocycles. The molecule has 2 aromatic rings. The minimum atomic E-state index is -0.589. The quantitative estimate of drug-likeness (QED) is 0.849. The molecule has 0 fully saturated rings. The number of nitrogens with zero attached hydrogens (tertiary/aromatic N) is 1. The molecule has 1 heterocycles. The van der Waals surface area contributed by atoms with Crippen LogP contribution in [-0.4, -0.2) is 24.0 Å². The fourth-order valence-corrected chi connectivity index (χ4v) is 2.00. The Hall–Kier alpha value is -1.94. The molecule has 1 aromatic carbocycles. The number of hydrogen-bond acceptors (Lipinski definition) is 3. The highest BCUT2D eigenvalue weighted by molar-refractivity contribution is 6.30. The molecule has 0 aliphatic heterocycles. The van der Waals surface area contributed by atoms with Crippen LogP contribution in [0, 0.1) is 0 Å². The fraction of sp³-hybridized carbons (Fsp3) is 0.267. The third-order valence-electron chi connectivity index (χ3n) is 2.81. The normalized spacial score (nSPS) is 11.9. The Morgan fingerprint density at radius 2 is 2.20 bits per heavy atom. The molecule has 1 atom stereocenters. The summed E-state index contributed by atoms with van der Waals surface area (Å²) < 4.78 is 10.8. The summed E-state index contributed by atoms with van der Waals surface area (Å²) in [6.07, 6.45) is 0.993. The van der Waals surface area contributed by atoms with Gasteiger partial charge in [-0.25, -0.2) is 0 Å². The van der Waals surface area contributed by atoms with Gasteiger partial charge in [-0.15, -0.1) is 0 Å². The zero-order valence-electron chi connectivity index (χ0n) is 11.4. The average molecular weight is 294 g/mol. The Morgan fingerprint density at radius 1 is 1.40 bits per heavy atom. The van der Waals surface area contributed by atoms with Crippen LogP contribution in [-0.2, 0) is 11.3 Å². The SMILES string of the molecule is CC(Oc1cccc(Cl)c1)C(=O)N(C)Cc1ccco1. The topological polar surface area (TPSA) is 42.7 Å². The van der Waals surface area contributed by atoms with Gasteiger partial charge in [-0.2, -0.15) is 0 Å². The molecule has 0 saturated heterocycles. The van der Waals surface area contributed by atoms with E-state index in [0.717, 1.165) is 5.76 Å². The van der Waals surface area contributed by atoms with Crippen molar-refractivity contribution < 1.29 is 13.9 Å². The summed E-state index contributed by atoms with van der Waals surface area (Å²) in [5.41, 5.74) is 0. The monoisotopic (exact) mass is 293 g/mol. The Morgan fingerprint density at radius 3 is 2.85 bits per heavy atom. The molecule has 0 saturated carbocycles. The molecular weight excluding hydrogens is 278 g/mol. The third-order valence-corrected chi connectivity index (χ3v) is 3.04. The second-order valence-electron chi connectivity index (χ2n) is 4.49. The van der Waals surface area contributed by atoms with E-state index in [-0.39, 0.29) is 5.91 Å². The van der Waals surface area contributed by atoms with E-state index in [4.69, 9.17) is 20.8 Å². The van der Waals surface area contributed by atoms with Crippen molar-refractivity contribution in [3.63, 3.8) is 0 Å². The van der Waals surface area contributed by atoms with E-state index in [2.05, 4.69) is 0 Å². The lowest BCUT2D eigenvalue weighted by atomic mass is 10.3. The molecule has 1 unspecified atom stereocenters. The van der Waals surface area contributed by atoms with Gasteiger partial charge in [0.25, 0.3) is 5.91 Å².